The Morgan fingerprint density at radius 2 is 1.96 bits per heavy atom. The lowest BCUT2D eigenvalue weighted by molar-refractivity contribution is 0.102. The molecule has 0 fully saturated rings. The van der Waals surface area contributed by atoms with Crippen molar-refractivity contribution < 1.29 is 14.3 Å². The topological polar surface area (TPSA) is 53.4 Å². The van der Waals surface area contributed by atoms with Crippen molar-refractivity contribution >= 4 is 29.4 Å². The maximum absolute atomic E-state index is 11.5. The van der Waals surface area contributed by atoms with E-state index >= 15 is 0 Å². The Bertz CT molecular complexity index is 721. The Kier molecular flexibility index (Phi) is 5.22. The van der Waals surface area contributed by atoms with Crippen LogP contribution in [0.2, 0.25) is 10.0 Å². The molecule has 0 aliphatic heterocycles. The smallest absolute Gasteiger partial charge is 0.434 e. The summed E-state index contributed by atoms with van der Waals surface area (Å²) in [6.07, 6.45) is -0.792. The van der Waals surface area contributed by atoms with Crippen LogP contribution in [0, 0.1) is 0 Å². The Labute approximate surface area is 145 Å². The van der Waals surface area contributed by atoms with Crippen LogP contribution < -0.4 is 4.74 Å². The molecule has 7 heteroatoms. The predicted octanol–water partition coefficient (Wildman–Crippen LogP) is 5.01. The molecular weight excluding hydrogens is 339 g/mol. The van der Waals surface area contributed by atoms with Crippen LogP contribution in [0.15, 0.2) is 24.3 Å². The summed E-state index contributed by atoms with van der Waals surface area (Å²) in [5.74, 6) is 0.152. The Hall–Kier alpha value is -1.72. The summed E-state index contributed by atoms with van der Waals surface area (Å²) in [5, 5.41) is 5.31. The second-order valence-corrected chi connectivity index (χ2v) is 6.75. The van der Waals surface area contributed by atoms with E-state index in [4.69, 9.17) is 32.7 Å². The molecule has 0 atom stereocenters. The first-order chi connectivity index (χ1) is 10.7. The van der Waals surface area contributed by atoms with Crippen LogP contribution in [0.1, 0.15) is 33.4 Å². The van der Waals surface area contributed by atoms with Gasteiger partial charge in [-0.25, -0.2) is 9.48 Å². The monoisotopic (exact) mass is 356 g/mol. The molecule has 0 radical (unpaired) electrons. The van der Waals surface area contributed by atoms with Gasteiger partial charge in [0.25, 0.3) is 0 Å². The molecule has 124 valence electrons. The van der Waals surface area contributed by atoms with Crippen LogP contribution in [-0.4, -0.2) is 22.5 Å². The number of benzene rings is 1. The van der Waals surface area contributed by atoms with Gasteiger partial charge in [0, 0.05) is 16.5 Å². The largest absolute Gasteiger partial charge is 0.515 e. The zero-order chi connectivity index (χ0) is 17.2. The van der Waals surface area contributed by atoms with Crippen LogP contribution in [-0.2, 0) is 10.2 Å². The van der Waals surface area contributed by atoms with Crippen molar-refractivity contribution in [1.29, 1.82) is 0 Å². The molecule has 2 aromatic rings. The summed E-state index contributed by atoms with van der Waals surface area (Å²) in [6.45, 7) is 8.01. The lowest BCUT2D eigenvalue weighted by Gasteiger charge is -2.20. The van der Waals surface area contributed by atoms with Crippen molar-refractivity contribution in [3.8, 4) is 11.6 Å². The molecule has 0 aliphatic rings. The van der Waals surface area contributed by atoms with Crippen molar-refractivity contribution in [2.45, 2.75) is 33.1 Å². The zero-order valence-corrected chi connectivity index (χ0v) is 14.9. The molecular formula is C16H18Cl2N2O3. The molecule has 0 saturated carbocycles. The van der Waals surface area contributed by atoms with Crippen LogP contribution in [0.5, 0.6) is 5.88 Å². The number of aromatic nitrogens is 2. The Morgan fingerprint density at radius 1 is 1.26 bits per heavy atom. The van der Waals surface area contributed by atoms with Gasteiger partial charge < -0.3 is 9.47 Å². The van der Waals surface area contributed by atoms with Crippen LogP contribution >= 0.6 is 23.2 Å². The average molecular weight is 357 g/mol. The number of rotatable bonds is 3. The van der Waals surface area contributed by atoms with Crippen LogP contribution in [0.3, 0.4) is 0 Å². The minimum atomic E-state index is -0.792. The highest BCUT2D eigenvalue weighted by atomic mass is 35.5. The Morgan fingerprint density at radius 3 is 2.52 bits per heavy atom. The third-order valence-corrected chi connectivity index (χ3v) is 3.58. The van der Waals surface area contributed by atoms with Gasteiger partial charge in [0.15, 0.2) is 0 Å². The van der Waals surface area contributed by atoms with E-state index < -0.39 is 6.16 Å². The van der Waals surface area contributed by atoms with Gasteiger partial charge in [0.1, 0.15) is 0 Å². The van der Waals surface area contributed by atoms with E-state index in [9.17, 15) is 4.79 Å². The van der Waals surface area contributed by atoms with Crippen molar-refractivity contribution in [3.05, 3.63) is 40.0 Å². The first kappa shape index (κ1) is 17.6. The molecule has 2 rings (SSSR count). The number of carbonyl (C=O) groups excluding carboxylic acids is 1. The summed E-state index contributed by atoms with van der Waals surface area (Å²) >= 11 is 12.2. The van der Waals surface area contributed by atoms with E-state index in [0.29, 0.717) is 15.7 Å². The molecule has 1 heterocycles. The SMILES string of the molecule is CCOC(=O)Oc1cc(C(C)(C)C)n(-c2ccc(Cl)cc2Cl)n1. The summed E-state index contributed by atoms with van der Waals surface area (Å²) in [6, 6.07) is 6.82. The summed E-state index contributed by atoms with van der Waals surface area (Å²) in [4.78, 5) is 11.5. The third-order valence-electron chi connectivity index (χ3n) is 3.04. The second-order valence-electron chi connectivity index (χ2n) is 5.91. The van der Waals surface area contributed by atoms with Gasteiger partial charge >= 0.3 is 6.16 Å². The molecule has 23 heavy (non-hydrogen) atoms. The fourth-order valence-electron chi connectivity index (χ4n) is 2.01. The standard InChI is InChI=1S/C16H18Cl2N2O3/c1-5-22-15(21)23-14-9-13(16(2,3)4)20(19-14)12-7-6-10(17)8-11(12)18/h6-9H,5H2,1-4H3. The molecule has 1 aromatic carbocycles. The van der Waals surface area contributed by atoms with Crippen molar-refractivity contribution in [1.82, 2.24) is 9.78 Å². The highest BCUT2D eigenvalue weighted by Crippen LogP contribution is 2.32. The average Bonchev–Trinajstić information content (AvgIpc) is 2.82. The minimum Gasteiger partial charge on any atom is -0.434 e. The van der Waals surface area contributed by atoms with Crippen LogP contribution in [0.4, 0.5) is 4.79 Å². The molecule has 0 aliphatic carbocycles. The molecule has 0 bridgehead atoms. The number of nitrogens with zero attached hydrogens (tertiary/aromatic N) is 2. The summed E-state index contributed by atoms with van der Waals surface area (Å²) in [5.41, 5.74) is 1.24. The number of carbonyl (C=O) groups is 1. The molecule has 0 amide bonds. The maximum atomic E-state index is 11.5. The normalized spacial score (nSPS) is 11.4. The molecule has 0 N–H and O–H groups in total. The predicted molar refractivity (Wildman–Crippen MR) is 89.9 cm³/mol. The highest BCUT2D eigenvalue weighted by Gasteiger charge is 2.24. The van der Waals surface area contributed by atoms with E-state index in [1.165, 1.54) is 0 Å². The molecule has 0 saturated heterocycles. The first-order valence-electron chi connectivity index (χ1n) is 7.13. The van der Waals surface area contributed by atoms with Gasteiger partial charge in [-0.3, -0.25) is 0 Å². The van der Waals surface area contributed by atoms with Gasteiger partial charge in [0.05, 0.1) is 23.0 Å². The number of ether oxygens (including phenoxy) is 2. The maximum Gasteiger partial charge on any atom is 0.515 e. The second kappa shape index (κ2) is 6.81. The number of hydrogen-bond donors (Lipinski definition) is 0. The van der Waals surface area contributed by atoms with Crippen molar-refractivity contribution in [3.63, 3.8) is 0 Å². The van der Waals surface area contributed by atoms with Gasteiger partial charge in [-0.1, -0.05) is 44.0 Å². The van der Waals surface area contributed by atoms with Crippen molar-refractivity contribution in [2.75, 3.05) is 6.61 Å². The fourth-order valence-corrected chi connectivity index (χ4v) is 2.50. The van der Waals surface area contributed by atoms with Gasteiger partial charge in [-0.15, -0.1) is 5.10 Å². The fraction of sp³-hybridized carbons (Fsp3) is 0.375. The number of hydrogen-bond acceptors (Lipinski definition) is 4. The van der Waals surface area contributed by atoms with E-state index in [0.717, 1.165) is 5.69 Å². The first-order valence-corrected chi connectivity index (χ1v) is 7.88. The highest BCUT2D eigenvalue weighted by molar-refractivity contribution is 6.35. The number of halogens is 2. The van der Waals surface area contributed by atoms with Crippen molar-refractivity contribution in [2.24, 2.45) is 0 Å². The van der Waals surface area contributed by atoms with E-state index in [-0.39, 0.29) is 17.9 Å². The quantitative estimate of drug-likeness (QED) is 0.725. The van der Waals surface area contributed by atoms with E-state index in [1.807, 2.05) is 20.8 Å². The third kappa shape index (κ3) is 4.18. The lowest BCUT2D eigenvalue weighted by atomic mass is 9.92. The lowest BCUT2D eigenvalue weighted by Crippen LogP contribution is -2.17. The summed E-state index contributed by atoms with van der Waals surface area (Å²) in [7, 11) is 0. The van der Waals surface area contributed by atoms with Gasteiger partial charge in [-0.05, 0) is 25.1 Å². The minimum absolute atomic E-state index is 0.152. The zero-order valence-electron chi connectivity index (χ0n) is 13.4. The van der Waals surface area contributed by atoms with Gasteiger partial charge in [-0.2, -0.15) is 0 Å². The molecule has 5 nitrogen and oxygen atoms in total. The van der Waals surface area contributed by atoms with E-state index in [2.05, 4.69) is 5.10 Å². The van der Waals surface area contributed by atoms with Crippen LogP contribution in [0.25, 0.3) is 5.69 Å². The van der Waals surface area contributed by atoms with Gasteiger partial charge in [0.2, 0.25) is 5.88 Å². The summed E-state index contributed by atoms with van der Waals surface area (Å²) < 4.78 is 11.5. The Balaban J connectivity index is 2.49. The molecule has 0 unspecified atom stereocenters. The van der Waals surface area contributed by atoms with E-state index in [1.54, 1.807) is 35.9 Å². The molecule has 1 aromatic heterocycles. The molecule has 0 spiro atoms.